The van der Waals surface area contributed by atoms with E-state index in [1.165, 1.54) is 25.7 Å². The maximum Gasteiger partial charge on any atom is 0.137 e. The fourth-order valence-corrected chi connectivity index (χ4v) is 2.30. The third-order valence-electron chi connectivity index (χ3n) is 3.27. The first-order valence-electron chi connectivity index (χ1n) is 6.35. The predicted molar refractivity (Wildman–Crippen MR) is 65.7 cm³/mol. The first kappa shape index (κ1) is 11.9. The van der Waals surface area contributed by atoms with Gasteiger partial charge in [-0.2, -0.15) is 5.26 Å². The normalized spacial score (nSPS) is 15.7. The molecule has 0 bridgehead atoms. The average molecular weight is 231 g/mol. The van der Waals surface area contributed by atoms with E-state index in [9.17, 15) is 0 Å². The van der Waals surface area contributed by atoms with Crippen molar-refractivity contribution in [3.05, 3.63) is 29.8 Å². The monoisotopic (exact) mass is 231 g/mol. The van der Waals surface area contributed by atoms with E-state index in [0.717, 1.165) is 24.9 Å². The van der Waals surface area contributed by atoms with Gasteiger partial charge < -0.3 is 10.1 Å². The lowest BCUT2D eigenvalue weighted by molar-refractivity contribution is -0.688. The molecule has 2 rings (SSSR count). The van der Waals surface area contributed by atoms with Crippen LogP contribution in [0.3, 0.4) is 0 Å². The van der Waals surface area contributed by atoms with Crippen molar-refractivity contribution in [2.24, 2.45) is 0 Å². The summed E-state index contributed by atoms with van der Waals surface area (Å²) in [7, 11) is 0. The summed E-state index contributed by atoms with van der Waals surface area (Å²) in [5, 5.41) is 11.1. The molecule has 0 unspecified atom stereocenters. The molecule has 0 atom stereocenters. The summed E-state index contributed by atoms with van der Waals surface area (Å²) in [6, 6.07) is 10.2. The summed E-state index contributed by atoms with van der Waals surface area (Å²) < 4.78 is 5.62. The molecule has 3 nitrogen and oxygen atoms in total. The minimum Gasteiger partial charge on any atom is -0.488 e. The summed E-state index contributed by atoms with van der Waals surface area (Å²) in [5.74, 6) is 0.851. The largest absolute Gasteiger partial charge is 0.488 e. The lowest BCUT2D eigenvalue weighted by Crippen LogP contribution is -2.90. The van der Waals surface area contributed by atoms with E-state index in [1.54, 1.807) is 12.1 Å². The van der Waals surface area contributed by atoms with Gasteiger partial charge in [0.25, 0.3) is 0 Å². The Morgan fingerprint density at radius 1 is 1.24 bits per heavy atom. The van der Waals surface area contributed by atoms with Crippen LogP contribution in [0.5, 0.6) is 5.75 Å². The van der Waals surface area contributed by atoms with E-state index >= 15 is 0 Å². The molecule has 0 aliphatic heterocycles. The Balaban J connectivity index is 1.65. The van der Waals surface area contributed by atoms with E-state index in [1.807, 2.05) is 12.1 Å². The molecule has 0 spiro atoms. The number of benzene rings is 1. The summed E-state index contributed by atoms with van der Waals surface area (Å²) in [6.45, 7) is 1.76. The first-order valence-corrected chi connectivity index (χ1v) is 6.35. The van der Waals surface area contributed by atoms with Gasteiger partial charge in [0.15, 0.2) is 0 Å². The van der Waals surface area contributed by atoms with Crippen LogP contribution in [0.15, 0.2) is 24.3 Å². The number of nitriles is 1. The smallest absolute Gasteiger partial charge is 0.137 e. The van der Waals surface area contributed by atoms with Crippen LogP contribution in [0.2, 0.25) is 0 Å². The highest BCUT2D eigenvalue weighted by Crippen LogP contribution is 2.14. The van der Waals surface area contributed by atoms with Crippen LogP contribution in [0.25, 0.3) is 0 Å². The second kappa shape index (κ2) is 6.27. The van der Waals surface area contributed by atoms with Crippen LogP contribution in [0.1, 0.15) is 31.2 Å². The average Bonchev–Trinajstić information content (AvgIpc) is 2.88. The van der Waals surface area contributed by atoms with E-state index in [-0.39, 0.29) is 0 Å². The number of hydrogen-bond donors (Lipinski definition) is 1. The van der Waals surface area contributed by atoms with Crippen LogP contribution in [0.4, 0.5) is 0 Å². The molecule has 2 N–H and O–H groups in total. The molecule has 90 valence electrons. The Hall–Kier alpha value is -1.53. The predicted octanol–water partition coefficient (Wildman–Crippen LogP) is 1.44. The molecule has 0 aromatic heterocycles. The van der Waals surface area contributed by atoms with Crippen LogP contribution in [-0.2, 0) is 0 Å². The number of ether oxygens (including phenoxy) is 1. The molecule has 1 aliphatic carbocycles. The maximum absolute atomic E-state index is 8.67. The maximum atomic E-state index is 8.67. The van der Waals surface area contributed by atoms with Crippen molar-refractivity contribution in [1.29, 1.82) is 5.26 Å². The van der Waals surface area contributed by atoms with Crippen LogP contribution >= 0.6 is 0 Å². The van der Waals surface area contributed by atoms with Gasteiger partial charge in [-0.1, -0.05) is 0 Å². The molecule has 1 aromatic rings. The minimum absolute atomic E-state index is 0.676. The van der Waals surface area contributed by atoms with Crippen LogP contribution in [0, 0.1) is 11.3 Å². The fraction of sp³-hybridized carbons (Fsp3) is 0.500. The molecular formula is C14H19N2O+. The lowest BCUT2D eigenvalue weighted by Gasteiger charge is -2.09. The zero-order chi connectivity index (χ0) is 11.9. The molecule has 0 saturated heterocycles. The van der Waals surface area contributed by atoms with Crippen molar-refractivity contribution < 1.29 is 10.1 Å². The number of nitrogens with two attached hydrogens (primary N) is 1. The SMILES string of the molecule is N#Cc1ccc(OCC[NH2+]C2CCCC2)cc1. The summed E-state index contributed by atoms with van der Waals surface area (Å²) in [4.78, 5) is 0. The van der Waals surface area contributed by atoms with Crippen molar-refractivity contribution >= 4 is 0 Å². The summed E-state index contributed by atoms with van der Waals surface area (Å²) in [5.41, 5.74) is 0.676. The Morgan fingerprint density at radius 3 is 2.59 bits per heavy atom. The fourth-order valence-electron chi connectivity index (χ4n) is 2.30. The van der Waals surface area contributed by atoms with E-state index in [0.29, 0.717) is 5.56 Å². The third-order valence-corrected chi connectivity index (χ3v) is 3.27. The van der Waals surface area contributed by atoms with Crippen molar-refractivity contribution in [3.63, 3.8) is 0 Å². The Morgan fingerprint density at radius 2 is 1.94 bits per heavy atom. The molecular weight excluding hydrogens is 212 g/mol. The van der Waals surface area contributed by atoms with Gasteiger partial charge in [-0.15, -0.1) is 0 Å². The van der Waals surface area contributed by atoms with Gasteiger partial charge in [-0.3, -0.25) is 0 Å². The summed E-state index contributed by atoms with van der Waals surface area (Å²) >= 11 is 0. The highest BCUT2D eigenvalue weighted by Gasteiger charge is 2.16. The quantitative estimate of drug-likeness (QED) is 0.780. The molecule has 1 saturated carbocycles. The Bertz CT molecular complexity index is 374. The van der Waals surface area contributed by atoms with Gasteiger partial charge in [0, 0.05) is 0 Å². The van der Waals surface area contributed by atoms with Crippen LogP contribution < -0.4 is 10.1 Å². The van der Waals surface area contributed by atoms with Gasteiger partial charge in [-0.05, 0) is 49.9 Å². The summed E-state index contributed by atoms with van der Waals surface area (Å²) in [6.07, 6.45) is 5.49. The van der Waals surface area contributed by atoms with Gasteiger partial charge in [0.2, 0.25) is 0 Å². The third kappa shape index (κ3) is 3.76. The molecule has 0 amide bonds. The zero-order valence-corrected chi connectivity index (χ0v) is 10.1. The second-order valence-electron chi connectivity index (χ2n) is 4.55. The number of hydrogen-bond acceptors (Lipinski definition) is 2. The van der Waals surface area contributed by atoms with Gasteiger partial charge in [-0.25, -0.2) is 0 Å². The molecule has 17 heavy (non-hydrogen) atoms. The van der Waals surface area contributed by atoms with Crippen LogP contribution in [-0.4, -0.2) is 19.2 Å². The number of rotatable bonds is 5. The number of nitrogens with zero attached hydrogens (tertiary/aromatic N) is 1. The van der Waals surface area contributed by atoms with Crippen molar-refractivity contribution in [2.45, 2.75) is 31.7 Å². The molecule has 0 heterocycles. The Kier molecular flexibility index (Phi) is 4.40. The highest BCUT2D eigenvalue weighted by atomic mass is 16.5. The molecule has 1 aromatic carbocycles. The van der Waals surface area contributed by atoms with Gasteiger partial charge in [0.05, 0.1) is 17.7 Å². The van der Waals surface area contributed by atoms with E-state index in [4.69, 9.17) is 10.00 Å². The minimum atomic E-state index is 0.676. The van der Waals surface area contributed by atoms with Gasteiger partial charge >= 0.3 is 0 Å². The Labute approximate surface area is 102 Å². The molecule has 1 aliphatic rings. The van der Waals surface area contributed by atoms with E-state index in [2.05, 4.69) is 11.4 Å². The number of quaternary nitrogens is 1. The molecule has 0 radical (unpaired) electrons. The van der Waals surface area contributed by atoms with Crippen molar-refractivity contribution in [1.82, 2.24) is 0 Å². The van der Waals surface area contributed by atoms with Crippen molar-refractivity contribution in [3.8, 4) is 11.8 Å². The second-order valence-corrected chi connectivity index (χ2v) is 4.55. The zero-order valence-electron chi connectivity index (χ0n) is 10.1. The van der Waals surface area contributed by atoms with Gasteiger partial charge in [0.1, 0.15) is 18.9 Å². The highest BCUT2D eigenvalue weighted by molar-refractivity contribution is 5.34. The van der Waals surface area contributed by atoms with E-state index < -0.39 is 0 Å². The standard InChI is InChI=1S/C14H18N2O/c15-11-12-5-7-14(8-6-12)17-10-9-16-13-3-1-2-4-13/h5-8,13,16H,1-4,9-10H2/p+1. The lowest BCUT2D eigenvalue weighted by atomic mass is 10.2. The molecule has 1 fully saturated rings. The first-order chi connectivity index (χ1) is 8.38. The molecule has 3 heteroatoms. The van der Waals surface area contributed by atoms with Crippen molar-refractivity contribution in [2.75, 3.05) is 13.2 Å². The topological polar surface area (TPSA) is 49.6 Å².